The first kappa shape index (κ1) is 23.3. The van der Waals surface area contributed by atoms with Crippen LogP contribution in [0.25, 0.3) is 22.0 Å². The maximum absolute atomic E-state index is 11.7. The molecule has 182 valence electrons. The lowest BCUT2D eigenvalue weighted by atomic mass is 10.0. The standard InChI is InChI=1S/C28H28N6O2/c1-3-26(35)32-20-8-4-6-18(14-20)23-9-5-7-19-16-30-28(34-27(19)23)33-24-11-10-21(15-25(24)36-2)31-22-12-13-29-17-22/h3-11,14-16,22,29,31H,1,12-13,17H2,2H3,(H,32,35)(H,30,33,34). The van der Waals surface area contributed by atoms with Gasteiger partial charge < -0.3 is 26.0 Å². The fourth-order valence-corrected chi connectivity index (χ4v) is 4.32. The number of anilines is 4. The van der Waals surface area contributed by atoms with E-state index in [0.29, 0.717) is 23.4 Å². The number of hydrogen-bond donors (Lipinski definition) is 4. The summed E-state index contributed by atoms with van der Waals surface area (Å²) in [5, 5.41) is 13.9. The van der Waals surface area contributed by atoms with E-state index in [9.17, 15) is 4.79 Å². The van der Waals surface area contributed by atoms with E-state index < -0.39 is 0 Å². The number of methoxy groups -OCH3 is 1. The number of fused-ring (bicyclic) bond motifs is 1. The number of benzene rings is 3. The van der Waals surface area contributed by atoms with Crippen molar-refractivity contribution in [3.8, 4) is 16.9 Å². The molecule has 0 spiro atoms. The summed E-state index contributed by atoms with van der Waals surface area (Å²) in [5.41, 5.74) is 5.14. The highest BCUT2D eigenvalue weighted by atomic mass is 16.5. The molecule has 1 aliphatic rings. The van der Waals surface area contributed by atoms with E-state index in [1.165, 1.54) is 6.08 Å². The highest BCUT2D eigenvalue weighted by Crippen LogP contribution is 2.33. The van der Waals surface area contributed by atoms with Crippen molar-refractivity contribution < 1.29 is 9.53 Å². The van der Waals surface area contributed by atoms with Crippen molar-refractivity contribution in [2.24, 2.45) is 0 Å². The molecule has 3 aromatic carbocycles. The van der Waals surface area contributed by atoms with Gasteiger partial charge in [-0.3, -0.25) is 4.79 Å². The molecule has 1 amide bonds. The van der Waals surface area contributed by atoms with Crippen LogP contribution in [0.3, 0.4) is 0 Å². The number of hydrogen-bond acceptors (Lipinski definition) is 7. The molecule has 0 radical (unpaired) electrons. The Hall–Kier alpha value is -4.43. The smallest absolute Gasteiger partial charge is 0.247 e. The second kappa shape index (κ2) is 10.5. The summed E-state index contributed by atoms with van der Waals surface area (Å²) in [6, 6.07) is 20.0. The van der Waals surface area contributed by atoms with Crippen LogP contribution in [0.1, 0.15) is 6.42 Å². The molecule has 4 aromatic rings. The number of carbonyl (C=O) groups excluding carboxylic acids is 1. The zero-order valence-corrected chi connectivity index (χ0v) is 20.0. The average Bonchev–Trinajstić information content (AvgIpc) is 3.42. The summed E-state index contributed by atoms with van der Waals surface area (Å²) in [4.78, 5) is 21.1. The average molecular weight is 481 g/mol. The minimum absolute atomic E-state index is 0.256. The predicted octanol–water partition coefficient (Wildman–Crippen LogP) is 4.95. The highest BCUT2D eigenvalue weighted by molar-refractivity contribution is 6.00. The Bertz CT molecular complexity index is 1410. The van der Waals surface area contributed by atoms with Crippen molar-refractivity contribution in [1.29, 1.82) is 0 Å². The molecule has 0 aliphatic carbocycles. The molecule has 1 atom stereocenters. The van der Waals surface area contributed by atoms with Crippen molar-refractivity contribution in [3.05, 3.63) is 79.5 Å². The molecular formula is C28H28N6O2. The third kappa shape index (κ3) is 5.13. The Labute approximate surface area is 209 Å². The van der Waals surface area contributed by atoms with Gasteiger partial charge in [-0.25, -0.2) is 9.97 Å². The maximum atomic E-state index is 11.7. The van der Waals surface area contributed by atoms with E-state index in [4.69, 9.17) is 9.72 Å². The van der Waals surface area contributed by atoms with Gasteiger partial charge in [-0.15, -0.1) is 0 Å². The molecule has 1 saturated heterocycles. The number of aromatic nitrogens is 2. The SMILES string of the molecule is C=CC(=O)Nc1cccc(-c2cccc3cnc(Nc4ccc(NC5CCNC5)cc4OC)nc23)c1. The Morgan fingerprint density at radius 1 is 1.14 bits per heavy atom. The van der Waals surface area contributed by atoms with E-state index >= 15 is 0 Å². The van der Waals surface area contributed by atoms with Gasteiger partial charge in [0, 0.05) is 47.2 Å². The molecule has 0 saturated carbocycles. The van der Waals surface area contributed by atoms with Crippen LogP contribution in [-0.4, -0.2) is 42.1 Å². The number of amides is 1. The van der Waals surface area contributed by atoms with E-state index in [1.54, 1.807) is 13.3 Å². The van der Waals surface area contributed by atoms with Crippen molar-refractivity contribution in [1.82, 2.24) is 15.3 Å². The number of nitrogens with zero attached hydrogens (tertiary/aromatic N) is 2. The van der Waals surface area contributed by atoms with Crippen molar-refractivity contribution in [2.45, 2.75) is 12.5 Å². The zero-order valence-electron chi connectivity index (χ0n) is 20.0. The molecule has 1 aliphatic heterocycles. The number of nitrogens with one attached hydrogen (secondary N) is 4. The predicted molar refractivity (Wildman–Crippen MR) is 145 cm³/mol. The molecular weight excluding hydrogens is 452 g/mol. The first-order valence-corrected chi connectivity index (χ1v) is 11.8. The van der Waals surface area contributed by atoms with Gasteiger partial charge in [0.15, 0.2) is 0 Å². The molecule has 8 heteroatoms. The largest absolute Gasteiger partial charge is 0.494 e. The Morgan fingerprint density at radius 2 is 2.03 bits per heavy atom. The first-order valence-electron chi connectivity index (χ1n) is 11.8. The highest BCUT2D eigenvalue weighted by Gasteiger charge is 2.15. The Kier molecular flexibility index (Phi) is 6.77. The Balaban J connectivity index is 1.44. The number of para-hydroxylation sites is 1. The molecule has 0 bridgehead atoms. The van der Waals surface area contributed by atoms with Gasteiger partial charge in [0.1, 0.15) is 5.75 Å². The number of carbonyl (C=O) groups is 1. The monoisotopic (exact) mass is 480 g/mol. The van der Waals surface area contributed by atoms with Crippen molar-refractivity contribution in [3.63, 3.8) is 0 Å². The second-order valence-corrected chi connectivity index (χ2v) is 8.59. The molecule has 5 rings (SSSR count). The first-order chi connectivity index (χ1) is 17.6. The summed E-state index contributed by atoms with van der Waals surface area (Å²) in [7, 11) is 1.65. The summed E-state index contributed by atoms with van der Waals surface area (Å²) < 4.78 is 5.64. The van der Waals surface area contributed by atoms with Gasteiger partial charge in [0.25, 0.3) is 0 Å². The molecule has 1 aromatic heterocycles. The quantitative estimate of drug-likeness (QED) is 0.265. The van der Waals surface area contributed by atoms with Crippen LogP contribution in [0.2, 0.25) is 0 Å². The van der Waals surface area contributed by atoms with Crippen LogP contribution in [0, 0.1) is 0 Å². The summed E-state index contributed by atoms with van der Waals surface area (Å²) in [5.74, 6) is 0.910. The Morgan fingerprint density at radius 3 is 2.83 bits per heavy atom. The fourth-order valence-electron chi connectivity index (χ4n) is 4.32. The van der Waals surface area contributed by atoms with Crippen molar-refractivity contribution >= 4 is 39.8 Å². The summed E-state index contributed by atoms with van der Waals surface area (Å²) in [6.45, 7) is 5.50. The van der Waals surface area contributed by atoms with E-state index in [0.717, 1.165) is 52.9 Å². The molecule has 1 unspecified atom stereocenters. The minimum atomic E-state index is -0.256. The van der Waals surface area contributed by atoms with Gasteiger partial charge in [0.05, 0.1) is 18.3 Å². The van der Waals surface area contributed by atoms with Crippen LogP contribution < -0.4 is 26.0 Å². The number of ether oxygens (including phenoxy) is 1. The zero-order chi connectivity index (χ0) is 24.9. The van der Waals surface area contributed by atoms with E-state index in [2.05, 4.69) is 32.8 Å². The molecule has 1 fully saturated rings. The molecule has 4 N–H and O–H groups in total. The lowest BCUT2D eigenvalue weighted by Crippen LogP contribution is -2.22. The minimum Gasteiger partial charge on any atom is -0.494 e. The van der Waals surface area contributed by atoms with Crippen LogP contribution in [-0.2, 0) is 4.79 Å². The maximum Gasteiger partial charge on any atom is 0.247 e. The van der Waals surface area contributed by atoms with Crippen LogP contribution in [0.4, 0.5) is 23.0 Å². The second-order valence-electron chi connectivity index (χ2n) is 8.59. The van der Waals surface area contributed by atoms with Gasteiger partial charge in [-0.1, -0.05) is 36.9 Å². The molecule has 2 heterocycles. The summed E-state index contributed by atoms with van der Waals surface area (Å²) >= 11 is 0. The van der Waals surface area contributed by atoms with Crippen LogP contribution >= 0.6 is 0 Å². The van der Waals surface area contributed by atoms with E-state index in [-0.39, 0.29) is 5.91 Å². The van der Waals surface area contributed by atoms with Crippen LogP contribution in [0.5, 0.6) is 5.75 Å². The van der Waals surface area contributed by atoms with E-state index in [1.807, 2.05) is 60.7 Å². The topological polar surface area (TPSA) is 100 Å². The molecule has 36 heavy (non-hydrogen) atoms. The van der Waals surface area contributed by atoms with Gasteiger partial charge in [0.2, 0.25) is 11.9 Å². The van der Waals surface area contributed by atoms with Crippen molar-refractivity contribution in [2.75, 3.05) is 36.1 Å². The van der Waals surface area contributed by atoms with Gasteiger partial charge >= 0.3 is 0 Å². The molecule has 8 nitrogen and oxygen atoms in total. The van der Waals surface area contributed by atoms with Crippen LogP contribution in [0.15, 0.2) is 79.5 Å². The third-order valence-corrected chi connectivity index (χ3v) is 6.12. The summed E-state index contributed by atoms with van der Waals surface area (Å²) in [6.07, 6.45) is 4.14. The fraction of sp³-hybridized carbons (Fsp3) is 0.179. The lowest BCUT2D eigenvalue weighted by Gasteiger charge is -2.16. The third-order valence-electron chi connectivity index (χ3n) is 6.12. The van der Waals surface area contributed by atoms with Gasteiger partial charge in [-0.2, -0.15) is 0 Å². The lowest BCUT2D eigenvalue weighted by molar-refractivity contribution is -0.111. The van der Waals surface area contributed by atoms with Gasteiger partial charge in [-0.05, 0) is 48.9 Å². The normalized spacial score (nSPS) is 14.9. The number of rotatable bonds is 8.